The summed E-state index contributed by atoms with van der Waals surface area (Å²) in [6, 6.07) is 9.18. The van der Waals surface area contributed by atoms with Gasteiger partial charge in [-0.25, -0.2) is 0 Å². The summed E-state index contributed by atoms with van der Waals surface area (Å²) in [5, 5.41) is 12.2. The van der Waals surface area contributed by atoms with Gasteiger partial charge in [0.2, 0.25) is 0 Å². The third kappa shape index (κ3) is 5.89. The van der Waals surface area contributed by atoms with Gasteiger partial charge in [-0.05, 0) is 50.3 Å². The first-order chi connectivity index (χ1) is 8.77. The molecule has 0 bridgehead atoms. The lowest BCUT2D eigenvalue weighted by atomic mass is 10.1. The minimum absolute atomic E-state index is 0.325. The molecule has 0 radical (unpaired) electrons. The van der Waals surface area contributed by atoms with E-state index in [0.717, 1.165) is 19.4 Å². The van der Waals surface area contributed by atoms with Crippen molar-refractivity contribution in [1.82, 2.24) is 5.32 Å². The number of aliphatic hydroxyl groups excluding tert-OH is 1. The molecular weight excluding hydrogens is 242 g/mol. The van der Waals surface area contributed by atoms with E-state index in [1.807, 2.05) is 0 Å². The molecule has 0 aromatic heterocycles. The predicted octanol–water partition coefficient (Wildman–Crippen LogP) is 3.61. The minimum Gasteiger partial charge on any atom is -0.396 e. The number of thioether (sulfide) groups is 1. The second kappa shape index (κ2) is 9.42. The molecule has 1 atom stereocenters. The van der Waals surface area contributed by atoms with Crippen LogP contribution in [0.1, 0.15) is 44.2 Å². The smallest absolute Gasteiger partial charge is 0.0431 e. The summed E-state index contributed by atoms with van der Waals surface area (Å²) in [5.74, 6) is 0. The number of hydrogen-bond acceptors (Lipinski definition) is 3. The van der Waals surface area contributed by atoms with E-state index in [9.17, 15) is 0 Å². The summed E-state index contributed by atoms with van der Waals surface area (Å²) < 4.78 is 0. The molecule has 18 heavy (non-hydrogen) atoms. The van der Waals surface area contributed by atoms with Gasteiger partial charge >= 0.3 is 0 Å². The van der Waals surface area contributed by atoms with Crippen molar-refractivity contribution in [3.8, 4) is 0 Å². The van der Waals surface area contributed by atoms with E-state index in [2.05, 4.69) is 42.8 Å². The zero-order valence-corrected chi connectivity index (χ0v) is 12.3. The Bertz CT molecular complexity index is 313. The third-order valence-electron chi connectivity index (χ3n) is 3.15. The SMILES string of the molecule is CSc1ccc(C(C)NCCCCCCO)cc1. The van der Waals surface area contributed by atoms with Gasteiger partial charge in [0, 0.05) is 17.5 Å². The zero-order chi connectivity index (χ0) is 13.2. The van der Waals surface area contributed by atoms with E-state index in [4.69, 9.17) is 5.11 Å². The maximum atomic E-state index is 8.69. The summed E-state index contributed by atoms with van der Waals surface area (Å²) in [7, 11) is 0. The largest absolute Gasteiger partial charge is 0.396 e. The average molecular weight is 267 g/mol. The summed E-state index contributed by atoms with van der Waals surface area (Å²) >= 11 is 1.78. The van der Waals surface area contributed by atoms with Crippen LogP contribution in [-0.2, 0) is 0 Å². The molecule has 0 saturated heterocycles. The molecule has 2 N–H and O–H groups in total. The van der Waals surface area contributed by atoms with Crippen LogP contribution in [0.15, 0.2) is 29.2 Å². The summed E-state index contributed by atoms with van der Waals surface area (Å²) in [5.41, 5.74) is 1.35. The second-order valence-corrected chi connectivity index (χ2v) is 5.47. The molecule has 0 amide bonds. The molecule has 102 valence electrons. The Morgan fingerprint density at radius 3 is 2.39 bits per heavy atom. The van der Waals surface area contributed by atoms with Crippen LogP contribution in [0.25, 0.3) is 0 Å². The van der Waals surface area contributed by atoms with Crippen LogP contribution in [-0.4, -0.2) is 24.5 Å². The number of rotatable bonds is 9. The summed E-state index contributed by atoms with van der Waals surface area (Å²) in [4.78, 5) is 1.31. The molecule has 1 rings (SSSR count). The highest BCUT2D eigenvalue weighted by atomic mass is 32.2. The van der Waals surface area contributed by atoms with Crippen molar-refractivity contribution in [3.05, 3.63) is 29.8 Å². The molecule has 3 heteroatoms. The number of aliphatic hydroxyl groups is 1. The van der Waals surface area contributed by atoms with Gasteiger partial charge in [-0.3, -0.25) is 0 Å². The van der Waals surface area contributed by atoms with Crippen LogP contribution in [0, 0.1) is 0 Å². The molecule has 0 spiro atoms. The van der Waals surface area contributed by atoms with Crippen LogP contribution >= 0.6 is 11.8 Å². The molecular formula is C15H25NOS. The fourth-order valence-electron chi connectivity index (χ4n) is 1.92. The second-order valence-electron chi connectivity index (χ2n) is 4.59. The van der Waals surface area contributed by atoms with E-state index in [-0.39, 0.29) is 0 Å². The Kier molecular flexibility index (Phi) is 8.14. The number of benzene rings is 1. The quantitative estimate of drug-likeness (QED) is 0.529. The van der Waals surface area contributed by atoms with Crippen molar-refractivity contribution in [2.75, 3.05) is 19.4 Å². The topological polar surface area (TPSA) is 32.3 Å². The molecule has 0 aliphatic rings. The number of unbranched alkanes of at least 4 members (excludes halogenated alkanes) is 3. The number of nitrogens with one attached hydrogen (secondary N) is 1. The van der Waals surface area contributed by atoms with Gasteiger partial charge < -0.3 is 10.4 Å². The molecule has 2 nitrogen and oxygen atoms in total. The lowest BCUT2D eigenvalue weighted by molar-refractivity contribution is 0.282. The third-order valence-corrected chi connectivity index (χ3v) is 3.89. The normalized spacial score (nSPS) is 12.6. The Hall–Kier alpha value is -0.510. The van der Waals surface area contributed by atoms with Gasteiger partial charge in [-0.15, -0.1) is 11.8 Å². The Morgan fingerprint density at radius 2 is 1.78 bits per heavy atom. The molecule has 0 fully saturated rings. The van der Waals surface area contributed by atoms with Crippen molar-refractivity contribution in [3.63, 3.8) is 0 Å². The van der Waals surface area contributed by atoms with Crippen LogP contribution in [0.5, 0.6) is 0 Å². The Balaban J connectivity index is 2.21. The van der Waals surface area contributed by atoms with Crippen molar-refractivity contribution in [2.24, 2.45) is 0 Å². The molecule has 0 aliphatic heterocycles. The van der Waals surface area contributed by atoms with Gasteiger partial charge in [0.15, 0.2) is 0 Å². The van der Waals surface area contributed by atoms with Crippen molar-refractivity contribution in [1.29, 1.82) is 0 Å². The van der Waals surface area contributed by atoms with E-state index < -0.39 is 0 Å². The molecule has 1 aromatic carbocycles. The molecule has 1 aromatic rings. The molecule has 0 heterocycles. The summed E-state index contributed by atoms with van der Waals surface area (Å²) in [6.07, 6.45) is 6.56. The fourth-order valence-corrected chi connectivity index (χ4v) is 2.33. The maximum absolute atomic E-state index is 8.69. The Morgan fingerprint density at radius 1 is 1.11 bits per heavy atom. The molecule has 0 aliphatic carbocycles. The molecule has 0 saturated carbocycles. The van der Waals surface area contributed by atoms with E-state index >= 15 is 0 Å². The van der Waals surface area contributed by atoms with E-state index in [1.165, 1.54) is 23.3 Å². The van der Waals surface area contributed by atoms with Gasteiger partial charge in [0.25, 0.3) is 0 Å². The monoisotopic (exact) mass is 267 g/mol. The van der Waals surface area contributed by atoms with Gasteiger partial charge in [0.05, 0.1) is 0 Å². The van der Waals surface area contributed by atoms with Crippen molar-refractivity contribution < 1.29 is 5.11 Å². The van der Waals surface area contributed by atoms with Crippen LogP contribution in [0.4, 0.5) is 0 Å². The Labute approximate surface area is 115 Å². The average Bonchev–Trinajstić information content (AvgIpc) is 2.42. The van der Waals surface area contributed by atoms with Crippen LogP contribution < -0.4 is 5.32 Å². The first kappa shape index (κ1) is 15.5. The molecule has 1 unspecified atom stereocenters. The highest BCUT2D eigenvalue weighted by Crippen LogP contribution is 2.18. The zero-order valence-electron chi connectivity index (χ0n) is 11.5. The highest BCUT2D eigenvalue weighted by molar-refractivity contribution is 7.98. The van der Waals surface area contributed by atoms with Gasteiger partial charge in [-0.1, -0.05) is 25.0 Å². The minimum atomic E-state index is 0.325. The van der Waals surface area contributed by atoms with Crippen molar-refractivity contribution in [2.45, 2.75) is 43.5 Å². The maximum Gasteiger partial charge on any atom is 0.0431 e. The predicted molar refractivity (Wildman–Crippen MR) is 80.2 cm³/mol. The van der Waals surface area contributed by atoms with E-state index in [1.54, 1.807) is 11.8 Å². The van der Waals surface area contributed by atoms with Crippen LogP contribution in [0.2, 0.25) is 0 Å². The van der Waals surface area contributed by atoms with Crippen molar-refractivity contribution >= 4 is 11.8 Å². The summed E-state index contributed by atoms with van der Waals surface area (Å²) in [6.45, 7) is 3.59. The van der Waals surface area contributed by atoms with Crippen LogP contribution in [0.3, 0.4) is 0 Å². The standard InChI is InChI=1S/C15H25NOS/c1-13(16-11-5-3-4-6-12-17)14-7-9-15(18-2)10-8-14/h7-10,13,16-17H,3-6,11-12H2,1-2H3. The fraction of sp³-hybridized carbons (Fsp3) is 0.600. The van der Waals surface area contributed by atoms with Gasteiger partial charge in [0.1, 0.15) is 0 Å². The highest BCUT2D eigenvalue weighted by Gasteiger charge is 2.03. The van der Waals surface area contributed by atoms with Gasteiger partial charge in [-0.2, -0.15) is 0 Å². The lowest BCUT2D eigenvalue weighted by Gasteiger charge is -2.14. The first-order valence-electron chi connectivity index (χ1n) is 6.76. The van der Waals surface area contributed by atoms with E-state index in [0.29, 0.717) is 12.6 Å². The lowest BCUT2D eigenvalue weighted by Crippen LogP contribution is -2.19. The first-order valence-corrected chi connectivity index (χ1v) is 7.98. The number of hydrogen-bond donors (Lipinski definition) is 2.